The van der Waals surface area contributed by atoms with Crippen LogP contribution >= 0.6 is 0 Å². The van der Waals surface area contributed by atoms with E-state index in [0.717, 1.165) is 5.69 Å². The first-order valence-corrected chi connectivity index (χ1v) is 6.81. The minimum absolute atomic E-state index is 0.116. The minimum Gasteiger partial charge on any atom is -0.389 e. The molecule has 0 aliphatic rings. The molecular formula is C13H18N8O. The molecule has 116 valence electrons. The average molecular weight is 302 g/mol. The minimum atomic E-state index is -0.888. The van der Waals surface area contributed by atoms with Gasteiger partial charge in [-0.15, -0.1) is 0 Å². The van der Waals surface area contributed by atoms with E-state index < -0.39 is 5.60 Å². The van der Waals surface area contributed by atoms with Crippen molar-refractivity contribution in [1.82, 2.24) is 29.9 Å². The van der Waals surface area contributed by atoms with E-state index in [0.29, 0.717) is 29.1 Å². The number of H-pyrrole nitrogens is 1. The second kappa shape index (κ2) is 4.95. The highest BCUT2D eigenvalue weighted by atomic mass is 16.3. The topological polar surface area (TPSA) is 131 Å². The number of hydrogen-bond acceptors (Lipinski definition) is 7. The lowest BCUT2D eigenvalue weighted by Crippen LogP contribution is -2.29. The van der Waals surface area contributed by atoms with Crippen LogP contribution in [0.15, 0.2) is 12.3 Å². The first kappa shape index (κ1) is 14.3. The van der Waals surface area contributed by atoms with Crippen LogP contribution in [-0.2, 0) is 7.05 Å². The Balaban J connectivity index is 2.11. The summed E-state index contributed by atoms with van der Waals surface area (Å²) in [5.74, 6) is 0.629. The maximum absolute atomic E-state index is 9.88. The Morgan fingerprint density at radius 1 is 1.41 bits per heavy atom. The molecule has 0 spiro atoms. The number of aryl methyl sites for hydroxylation is 1. The van der Waals surface area contributed by atoms with Crippen molar-refractivity contribution in [3.63, 3.8) is 0 Å². The lowest BCUT2D eigenvalue weighted by atomic mass is 10.1. The Morgan fingerprint density at radius 3 is 2.82 bits per heavy atom. The van der Waals surface area contributed by atoms with Crippen molar-refractivity contribution >= 4 is 22.8 Å². The zero-order valence-corrected chi connectivity index (χ0v) is 12.6. The average Bonchev–Trinajstić information content (AvgIpc) is 3.00. The van der Waals surface area contributed by atoms with Crippen LogP contribution in [-0.4, -0.2) is 47.2 Å². The van der Waals surface area contributed by atoms with Gasteiger partial charge in [-0.2, -0.15) is 20.2 Å². The summed E-state index contributed by atoms with van der Waals surface area (Å²) in [6, 6.07) is 1.86. The molecule has 3 heterocycles. The third-order valence-corrected chi connectivity index (χ3v) is 3.09. The SMILES string of the molecule is Cn1ccc(-c2[nH]nc3nc(N)nc(NCC(C)(C)O)c23)n1. The number of nitrogens with one attached hydrogen (secondary N) is 2. The van der Waals surface area contributed by atoms with Crippen LogP contribution in [0.1, 0.15) is 13.8 Å². The molecule has 5 N–H and O–H groups in total. The van der Waals surface area contributed by atoms with E-state index >= 15 is 0 Å². The number of nitrogens with two attached hydrogens (primary N) is 1. The summed E-state index contributed by atoms with van der Waals surface area (Å²) >= 11 is 0. The van der Waals surface area contributed by atoms with Gasteiger partial charge in [0.25, 0.3) is 0 Å². The van der Waals surface area contributed by atoms with E-state index in [2.05, 4.69) is 30.6 Å². The van der Waals surface area contributed by atoms with Gasteiger partial charge in [0.1, 0.15) is 11.5 Å². The van der Waals surface area contributed by atoms with Gasteiger partial charge in [0.05, 0.1) is 16.7 Å². The molecule has 22 heavy (non-hydrogen) atoms. The third-order valence-electron chi connectivity index (χ3n) is 3.09. The Hall–Kier alpha value is -2.68. The Bertz CT molecular complexity index is 813. The van der Waals surface area contributed by atoms with E-state index in [9.17, 15) is 5.11 Å². The summed E-state index contributed by atoms with van der Waals surface area (Å²) in [5, 5.41) is 25.1. The summed E-state index contributed by atoms with van der Waals surface area (Å²) < 4.78 is 1.70. The van der Waals surface area contributed by atoms with Crippen LogP contribution in [0.5, 0.6) is 0 Å². The number of fused-ring (bicyclic) bond motifs is 1. The van der Waals surface area contributed by atoms with Crippen molar-refractivity contribution in [3.05, 3.63) is 12.3 Å². The normalized spacial score (nSPS) is 12.0. The molecule has 0 aromatic carbocycles. The summed E-state index contributed by atoms with van der Waals surface area (Å²) in [6.07, 6.45) is 1.84. The van der Waals surface area contributed by atoms with Crippen molar-refractivity contribution in [2.75, 3.05) is 17.6 Å². The monoisotopic (exact) mass is 302 g/mol. The van der Waals surface area contributed by atoms with Gasteiger partial charge in [-0.3, -0.25) is 9.78 Å². The van der Waals surface area contributed by atoms with Crippen molar-refractivity contribution in [2.45, 2.75) is 19.4 Å². The molecule has 3 aromatic heterocycles. The van der Waals surface area contributed by atoms with Gasteiger partial charge in [-0.05, 0) is 19.9 Å². The third kappa shape index (κ3) is 2.70. The molecule has 0 saturated heterocycles. The lowest BCUT2D eigenvalue weighted by Gasteiger charge is -2.18. The van der Waals surface area contributed by atoms with Crippen LogP contribution in [0.25, 0.3) is 22.4 Å². The fourth-order valence-electron chi connectivity index (χ4n) is 2.10. The number of aromatic nitrogens is 6. The zero-order valence-electron chi connectivity index (χ0n) is 12.6. The Labute approximate surface area is 126 Å². The van der Waals surface area contributed by atoms with Gasteiger partial charge in [0.2, 0.25) is 5.95 Å². The number of hydrogen-bond donors (Lipinski definition) is 4. The molecule has 0 amide bonds. The molecule has 0 unspecified atom stereocenters. The number of nitrogens with zero attached hydrogens (tertiary/aromatic N) is 5. The maximum atomic E-state index is 9.88. The molecular weight excluding hydrogens is 284 g/mol. The fraction of sp³-hybridized carbons (Fsp3) is 0.385. The Kier molecular flexibility index (Phi) is 3.21. The van der Waals surface area contributed by atoms with Crippen LogP contribution in [0, 0.1) is 0 Å². The molecule has 0 bridgehead atoms. The highest BCUT2D eigenvalue weighted by Crippen LogP contribution is 2.29. The van der Waals surface area contributed by atoms with E-state index in [1.807, 2.05) is 19.3 Å². The first-order valence-electron chi connectivity index (χ1n) is 6.81. The highest BCUT2D eigenvalue weighted by molar-refractivity contribution is 5.98. The van der Waals surface area contributed by atoms with Gasteiger partial charge in [0, 0.05) is 19.8 Å². The zero-order chi connectivity index (χ0) is 15.9. The highest BCUT2D eigenvalue weighted by Gasteiger charge is 2.19. The lowest BCUT2D eigenvalue weighted by molar-refractivity contribution is 0.0944. The van der Waals surface area contributed by atoms with Gasteiger partial charge in [-0.1, -0.05) is 0 Å². The smallest absolute Gasteiger partial charge is 0.224 e. The van der Waals surface area contributed by atoms with E-state index in [1.165, 1.54) is 0 Å². The van der Waals surface area contributed by atoms with Gasteiger partial charge >= 0.3 is 0 Å². The quantitative estimate of drug-likeness (QED) is 0.552. The van der Waals surface area contributed by atoms with Gasteiger partial charge in [-0.25, -0.2) is 0 Å². The molecule has 0 saturated carbocycles. The largest absolute Gasteiger partial charge is 0.389 e. The summed E-state index contributed by atoms with van der Waals surface area (Å²) in [4.78, 5) is 8.34. The van der Waals surface area contributed by atoms with Crippen molar-refractivity contribution in [1.29, 1.82) is 0 Å². The molecule has 0 aliphatic heterocycles. The maximum Gasteiger partial charge on any atom is 0.224 e. The molecule has 0 atom stereocenters. The number of rotatable bonds is 4. The van der Waals surface area contributed by atoms with Crippen molar-refractivity contribution in [2.24, 2.45) is 7.05 Å². The summed E-state index contributed by atoms with van der Waals surface area (Å²) in [7, 11) is 1.84. The van der Waals surface area contributed by atoms with Crippen LogP contribution in [0.2, 0.25) is 0 Å². The Morgan fingerprint density at radius 2 is 2.18 bits per heavy atom. The first-order chi connectivity index (χ1) is 10.3. The molecule has 3 rings (SSSR count). The molecule has 0 fully saturated rings. The summed E-state index contributed by atoms with van der Waals surface area (Å²) in [6.45, 7) is 3.72. The predicted octanol–water partition coefficient (Wildman–Crippen LogP) is 0.518. The van der Waals surface area contributed by atoms with Crippen LogP contribution < -0.4 is 11.1 Å². The molecule has 3 aromatic rings. The van der Waals surface area contributed by atoms with Gasteiger partial charge in [0.15, 0.2) is 5.65 Å². The predicted molar refractivity (Wildman–Crippen MR) is 83.1 cm³/mol. The van der Waals surface area contributed by atoms with Crippen molar-refractivity contribution in [3.8, 4) is 11.4 Å². The molecule has 9 nitrogen and oxygen atoms in total. The fourth-order valence-corrected chi connectivity index (χ4v) is 2.10. The van der Waals surface area contributed by atoms with E-state index in [1.54, 1.807) is 18.5 Å². The second-order valence-corrected chi connectivity index (χ2v) is 5.77. The van der Waals surface area contributed by atoms with Crippen LogP contribution in [0.3, 0.4) is 0 Å². The number of nitrogen functional groups attached to an aromatic ring is 1. The standard InChI is InChI=1S/C13H18N8O/c1-13(2,22)6-15-10-8-9(7-4-5-21(3)20-7)18-19-11(8)17-12(14)16-10/h4-5,22H,6H2,1-3H3,(H4,14,15,16,17,18,19). The van der Waals surface area contributed by atoms with Crippen LogP contribution in [0.4, 0.5) is 11.8 Å². The van der Waals surface area contributed by atoms with E-state index in [-0.39, 0.29) is 5.95 Å². The molecule has 0 aliphatic carbocycles. The number of aromatic amines is 1. The second-order valence-electron chi connectivity index (χ2n) is 5.77. The molecule has 0 radical (unpaired) electrons. The summed E-state index contributed by atoms with van der Waals surface area (Å²) in [5.41, 5.74) is 6.71. The van der Waals surface area contributed by atoms with Crippen molar-refractivity contribution < 1.29 is 5.11 Å². The van der Waals surface area contributed by atoms with Gasteiger partial charge < -0.3 is 16.2 Å². The number of anilines is 2. The molecule has 9 heteroatoms. The van der Waals surface area contributed by atoms with E-state index in [4.69, 9.17) is 5.73 Å². The number of aliphatic hydroxyl groups is 1.